The summed E-state index contributed by atoms with van der Waals surface area (Å²) in [6.07, 6.45) is 6.85. The van der Waals surface area contributed by atoms with Gasteiger partial charge in [0.15, 0.2) is 0 Å². The Hall–Kier alpha value is -1.15. The normalized spacial score (nSPS) is 20.4. The number of piperidine rings is 1. The van der Waals surface area contributed by atoms with Crippen molar-refractivity contribution < 1.29 is 4.79 Å². The Morgan fingerprint density at radius 2 is 2.05 bits per heavy atom. The first-order valence-electron chi connectivity index (χ1n) is 7.53. The van der Waals surface area contributed by atoms with Crippen LogP contribution < -0.4 is 0 Å². The summed E-state index contributed by atoms with van der Waals surface area (Å²) in [5.74, 6) is 0.333. The van der Waals surface area contributed by atoms with E-state index in [-0.39, 0.29) is 0 Å². The van der Waals surface area contributed by atoms with Crippen LogP contribution in [0.4, 0.5) is 0 Å². The maximum absolute atomic E-state index is 11.3. The monoisotopic (exact) mass is 259 g/mol. The van der Waals surface area contributed by atoms with Gasteiger partial charge in [0.05, 0.1) is 0 Å². The van der Waals surface area contributed by atoms with Crippen LogP contribution in [-0.4, -0.2) is 29.8 Å². The number of aryl methyl sites for hydroxylation is 1. The highest BCUT2D eigenvalue weighted by atomic mass is 16.1. The molecule has 0 N–H and O–H groups in total. The van der Waals surface area contributed by atoms with E-state index in [1.165, 1.54) is 37.8 Å². The number of rotatable bonds is 6. The van der Waals surface area contributed by atoms with Crippen molar-refractivity contribution in [3.63, 3.8) is 0 Å². The fourth-order valence-corrected chi connectivity index (χ4v) is 3.05. The molecule has 1 atom stereocenters. The first-order chi connectivity index (χ1) is 9.25. The third-order valence-corrected chi connectivity index (χ3v) is 4.03. The summed E-state index contributed by atoms with van der Waals surface area (Å²) >= 11 is 0. The lowest BCUT2D eigenvalue weighted by Gasteiger charge is -2.35. The minimum absolute atomic E-state index is 0.333. The number of likely N-dealkylation sites (tertiary alicyclic amines) is 1. The number of Topliss-reactive ketones (excluding diaryl/α,β-unsaturated/α-hetero) is 1. The molecule has 0 aromatic heterocycles. The van der Waals surface area contributed by atoms with Crippen molar-refractivity contribution in [1.29, 1.82) is 0 Å². The average Bonchev–Trinajstić information content (AvgIpc) is 2.41. The zero-order valence-electron chi connectivity index (χ0n) is 12.0. The number of ketones is 1. The molecule has 0 radical (unpaired) electrons. The van der Waals surface area contributed by atoms with Gasteiger partial charge in [0.2, 0.25) is 0 Å². The van der Waals surface area contributed by atoms with Crippen LogP contribution in [0.15, 0.2) is 30.3 Å². The van der Waals surface area contributed by atoms with Gasteiger partial charge in [-0.1, -0.05) is 36.8 Å². The minimum atomic E-state index is 0.333. The lowest BCUT2D eigenvalue weighted by Crippen LogP contribution is -2.41. The number of carbonyl (C=O) groups excluding carboxylic acids is 1. The SMILES string of the molecule is CC(=O)CC1CCCCN1CCCc1ccccc1. The van der Waals surface area contributed by atoms with Gasteiger partial charge in [0, 0.05) is 12.5 Å². The van der Waals surface area contributed by atoms with E-state index in [1.807, 2.05) is 0 Å². The first kappa shape index (κ1) is 14.3. The molecule has 1 aliphatic rings. The Morgan fingerprint density at radius 3 is 2.79 bits per heavy atom. The Kier molecular flexibility index (Phi) is 5.59. The topological polar surface area (TPSA) is 20.3 Å². The molecule has 1 fully saturated rings. The van der Waals surface area contributed by atoms with Gasteiger partial charge in [-0.05, 0) is 51.3 Å². The molecule has 1 aliphatic heterocycles. The first-order valence-corrected chi connectivity index (χ1v) is 7.53. The van der Waals surface area contributed by atoms with E-state index in [4.69, 9.17) is 0 Å². The van der Waals surface area contributed by atoms with Crippen LogP contribution in [0.25, 0.3) is 0 Å². The zero-order valence-corrected chi connectivity index (χ0v) is 12.0. The average molecular weight is 259 g/mol. The summed E-state index contributed by atoms with van der Waals surface area (Å²) in [5.41, 5.74) is 1.42. The highest BCUT2D eigenvalue weighted by Crippen LogP contribution is 2.20. The van der Waals surface area contributed by atoms with Gasteiger partial charge >= 0.3 is 0 Å². The van der Waals surface area contributed by atoms with Crippen LogP contribution in [0.1, 0.15) is 44.6 Å². The van der Waals surface area contributed by atoms with Crippen LogP contribution in [-0.2, 0) is 11.2 Å². The van der Waals surface area contributed by atoms with Crippen LogP contribution >= 0.6 is 0 Å². The molecule has 2 nitrogen and oxygen atoms in total. The fourth-order valence-electron chi connectivity index (χ4n) is 3.05. The van der Waals surface area contributed by atoms with Crippen molar-refractivity contribution in [3.8, 4) is 0 Å². The van der Waals surface area contributed by atoms with Gasteiger partial charge < -0.3 is 0 Å². The summed E-state index contributed by atoms with van der Waals surface area (Å²) in [6, 6.07) is 11.2. The molecule has 2 rings (SSSR count). The van der Waals surface area contributed by atoms with E-state index in [0.29, 0.717) is 11.8 Å². The smallest absolute Gasteiger partial charge is 0.131 e. The zero-order chi connectivity index (χ0) is 13.5. The summed E-state index contributed by atoms with van der Waals surface area (Å²) < 4.78 is 0. The maximum Gasteiger partial charge on any atom is 0.131 e. The van der Waals surface area contributed by atoms with Crippen molar-refractivity contribution in [2.24, 2.45) is 0 Å². The van der Waals surface area contributed by atoms with Gasteiger partial charge in [-0.2, -0.15) is 0 Å². The Labute approximate surface area is 116 Å². The third-order valence-electron chi connectivity index (χ3n) is 4.03. The van der Waals surface area contributed by atoms with E-state index in [0.717, 1.165) is 19.4 Å². The lowest BCUT2D eigenvalue weighted by molar-refractivity contribution is -0.118. The molecule has 0 saturated carbocycles. The second-order valence-corrected chi connectivity index (χ2v) is 5.68. The number of carbonyl (C=O) groups is 1. The minimum Gasteiger partial charge on any atom is -0.300 e. The molecular formula is C17H25NO. The molecule has 0 amide bonds. The predicted molar refractivity (Wildman–Crippen MR) is 79.3 cm³/mol. The summed E-state index contributed by atoms with van der Waals surface area (Å²) in [5, 5.41) is 0. The molecular weight excluding hydrogens is 234 g/mol. The third kappa shape index (κ3) is 4.79. The van der Waals surface area contributed by atoms with Crippen molar-refractivity contribution in [2.45, 2.75) is 51.5 Å². The van der Waals surface area contributed by atoms with Gasteiger partial charge in [-0.15, -0.1) is 0 Å². The van der Waals surface area contributed by atoms with Crippen molar-refractivity contribution in [1.82, 2.24) is 4.90 Å². The highest BCUT2D eigenvalue weighted by Gasteiger charge is 2.22. The number of nitrogens with zero attached hydrogens (tertiary/aromatic N) is 1. The molecule has 0 spiro atoms. The van der Waals surface area contributed by atoms with Gasteiger partial charge in [-0.25, -0.2) is 0 Å². The molecule has 1 saturated heterocycles. The second kappa shape index (κ2) is 7.44. The Morgan fingerprint density at radius 1 is 1.26 bits per heavy atom. The number of hydrogen-bond donors (Lipinski definition) is 0. The van der Waals surface area contributed by atoms with E-state index < -0.39 is 0 Å². The molecule has 1 aromatic carbocycles. The number of hydrogen-bond acceptors (Lipinski definition) is 2. The molecule has 0 bridgehead atoms. The van der Waals surface area contributed by atoms with Crippen molar-refractivity contribution in [3.05, 3.63) is 35.9 Å². The van der Waals surface area contributed by atoms with Gasteiger partial charge in [-0.3, -0.25) is 9.69 Å². The molecule has 1 aromatic rings. The van der Waals surface area contributed by atoms with Gasteiger partial charge in [0.1, 0.15) is 5.78 Å². The molecule has 104 valence electrons. The Balaban J connectivity index is 1.78. The highest BCUT2D eigenvalue weighted by molar-refractivity contribution is 5.76. The summed E-state index contributed by atoms with van der Waals surface area (Å²) in [7, 11) is 0. The van der Waals surface area contributed by atoms with Crippen LogP contribution in [0.3, 0.4) is 0 Å². The second-order valence-electron chi connectivity index (χ2n) is 5.68. The Bertz CT molecular complexity index is 388. The van der Waals surface area contributed by atoms with Crippen LogP contribution in [0, 0.1) is 0 Å². The van der Waals surface area contributed by atoms with E-state index in [1.54, 1.807) is 6.92 Å². The lowest BCUT2D eigenvalue weighted by atomic mass is 9.97. The molecule has 0 aliphatic carbocycles. The van der Waals surface area contributed by atoms with Crippen LogP contribution in [0.5, 0.6) is 0 Å². The molecule has 1 unspecified atom stereocenters. The van der Waals surface area contributed by atoms with E-state index >= 15 is 0 Å². The van der Waals surface area contributed by atoms with Crippen molar-refractivity contribution in [2.75, 3.05) is 13.1 Å². The molecule has 19 heavy (non-hydrogen) atoms. The van der Waals surface area contributed by atoms with E-state index in [9.17, 15) is 4.79 Å². The number of benzene rings is 1. The van der Waals surface area contributed by atoms with Crippen molar-refractivity contribution >= 4 is 5.78 Å². The van der Waals surface area contributed by atoms with E-state index in [2.05, 4.69) is 35.2 Å². The maximum atomic E-state index is 11.3. The predicted octanol–water partition coefficient (Wildman–Crippen LogP) is 3.45. The molecule has 2 heteroatoms. The fraction of sp³-hybridized carbons (Fsp3) is 0.588. The standard InChI is InChI=1S/C17H25NO/c1-15(19)14-17-11-5-6-12-18(17)13-7-10-16-8-3-2-4-9-16/h2-4,8-9,17H,5-7,10-14H2,1H3. The molecule has 1 heterocycles. The quantitative estimate of drug-likeness (QED) is 0.780. The summed E-state index contributed by atoms with van der Waals surface area (Å²) in [6.45, 7) is 4.02. The largest absolute Gasteiger partial charge is 0.300 e. The summed E-state index contributed by atoms with van der Waals surface area (Å²) in [4.78, 5) is 13.9. The van der Waals surface area contributed by atoms with Gasteiger partial charge in [0.25, 0.3) is 0 Å². The van der Waals surface area contributed by atoms with Crippen LogP contribution in [0.2, 0.25) is 0 Å².